The largest absolute Gasteiger partial charge is 0.461 e. The zero-order valence-corrected chi connectivity index (χ0v) is 18.9. The highest BCUT2D eigenvalue weighted by Crippen LogP contribution is 2.33. The van der Waals surface area contributed by atoms with E-state index >= 15 is 0 Å². The fourth-order valence-electron chi connectivity index (χ4n) is 3.04. The van der Waals surface area contributed by atoms with E-state index in [1.54, 1.807) is 55.5 Å². The first kappa shape index (κ1) is 21.4. The molecule has 0 aliphatic carbocycles. The summed E-state index contributed by atoms with van der Waals surface area (Å²) in [4.78, 5) is 15.4. The molecule has 6 nitrogen and oxygen atoms in total. The van der Waals surface area contributed by atoms with Crippen molar-refractivity contribution in [1.29, 1.82) is 0 Å². The number of rotatable bonds is 7. The fraction of sp³-hybridized carbons (Fsp3) is 0.286. The monoisotopic (exact) mass is 478 g/mol. The number of H-pyrrole nitrogens is 1. The molecule has 0 aliphatic heterocycles. The van der Waals surface area contributed by atoms with Gasteiger partial charge in [0.2, 0.25) is 0 Å². The van der Waals surface area contributed by atoms with Crippen molar-refractivity contribution in [2.75, 3.05) is 17.5 Å². The maximum atomic E-state index is 13.3. The first-order chi connectivity index (χ1) is 13.8. The lowest BCUT2D eigenvalue weighted by Gasteiger charge is -2.26. The first-order valence-electron chi connectivity index (χ1n) is 9.31. The van der Waals surface area contributed by atoms with E-state index < -0.39 is 16.0 Å². The van der Waals surface area contributed by atoms with E-state index in [9.17, 15) is 13.2 Å². The Bertz CT molecular complexity index is 1120. The lowest BCUT2D eigenvalue weighted by Crippen LogP contribution is -2.34. The van der Waals surface area contributed by atoms with Gasteiger partial charge in [-0.25, -0.2) is 13.2 Å². The van der Waals surface area contributed by atoms with Crippen LogP contribution in [0.5, 0.6) is 0 Å². The van der Waals surface area contributed by atoms with Crippen LogP contribution in [0.4, 0.5) is 5.69 Å². The van der Waals surface area contributed by atoms with E-state index in [1.165, 1.54) is 4.31 Å². The molecule has 0 spiro atoms. The van der Waals surface area contributed by atoms with Crippen molar-refractivity contribution in [3.63, 3.8) is 0 Å². The van der Waals surface area contributed by atoms with Gasteiger partial charge in [-0.15, -0.1) is 0 Å². The van der Waals surface area contributed by atoms with Crippen molar-refractivity contribution in [3.8, 4) is 0 Å². The first-order valence-corrected chi connectivity index (χ1v) is 11.5. The summed E-state index contributed by atoms with van der Waals surface area (Å²) in [5, 5.41) is 0.711. The number of fused-ring (bicyclic) bond motifs is 1. The molecular formula is C21H23BrN2O4S. The molecule has 154 valence electrons. The Morgan fingerprint density at radius 2 is 1.86 bits per heavy atom. The van der Waals surface area contributed by atoms with Gasteiger partial charge in [0, 0.05) is 17.4 Å². The zero-order chi connectivity index (χ0) is 21.2. The minimum Gasteiger partial charge on any atom is -0.461 e. The predicted octanol–water partition coefficient (Wildman–Crippen LogP) is 4.96. The number of carbonyl (C=O) groups is 1. The standard InChI is InChI=1S/C21H23BrN2O4S/c1-4-28-21(25)20-19(22)17-12-15(10-11-18(17)23-20)24(13-14(2)3)29(26,27)16-8-6-5-7-9-16/h5-12,14,23H,4,13H2,1-3H3. The van der Waals surface area contributed by atoms with Gasteiger partial charge in [-0.1, -0.05) is 32.0 Å². The summed E-state index contributed by atoms with van der Waals surface area (Å²) in [5.41, 5.74) is 1.55. The molecule has 0 amide bonds. The number of sulfonamides is 1. The third-order valence-corrected chi connectivity index (χ3v) is 6.98. The second-order valence-corrected chi connectivity index (χ2v) is 9.66. The Kier molecular flexibility index (Phi) is 6.33. The summed E-state index contributed by atoms with van der Waals surface area (Å²) in [5.74, 6) is -0.345. The molecule has 0 saturated heterocycles. The third-order valence-electron chi connectivity index (χ3n) is 4.35. The minimum atomic E-state index is -3.73. The highest BCUT2D eigenvalue weighted by atomic mass is 79.9. The number of aromatic amines is 1. The Morgan fingerprint density at radius 3 is 2.48 bits per heavy atom. The van der Waals surface area contributed by atoms with E-state index in [0.717, 1.165) is 0 Å². The molecule has 0 unspecified atom stereocenters. The van der Waals surface area contributed by atoms with Gasteiger partial charge >= 0.3 is 5.97 Å². The Balaban J connectivity index is 2.11. The van der Waals surface area contributed by atoms with Crippen molar-refractivity contribution in [1.82, 2.24) is 4.98 Å². The van der Waals surface area contributed by atoms with Gasteiger partial charge in [-0.05, 0) is 59.1 Å². The number of hydrogen-bond acceptors (Lipinski definition) is 4. The topological polar surface area (TPSA) is 79.5 Å². The number of anilines is 1. The van der Waals surface area contributed by atoms with Gasteiger partial charge in [-0.3, -0.25) is 4.31 Å². The molecule has 0 atom stereocenters. The number of hydrogen-bond donors (Lipinski definition) is 1. The molecule has 0 fully saturated rings. The average Bonchev–Trinajstić information content (AvgIpc) is 3.03. The van der Waals surface area contributed by atoms with Gasteiger partial charge in [0.1, 0.15) is 5.69 Å². The maximum absolute atomic E-state index is 13.3. The number of esters is 1. The fourth-order valence-corrected chi connectivity index (χ4v) is 5.27. The van der Waals surface area contributed by atoms with Crippen molar-refractivity contribution >= 4 is 48.5 Å². The molecule has 1 N–H and O–H groups in total. The van der Waals surface area contributed by atoms with Crippen molar-refractivity contribution in [2.45, 2.75) is 25.7 Å². The average molecular weight is 479 g/mol. The van der Waals surface area contributed by atoms with Crippen LogP contribution in [0.1, 0.15) is 31.3 Å². The molecule has 1 heterocycles. The summed E-state index contributed by atoms with van der Waals surface area (Å²) >= 11 is 3.45. The summed E-state index contributed by atoms with van der Waals surface area (Å²) in [6, 6.07) is 13.6. The summed E-state index contributed by atoms with van der Waals surface area (Å²) < 4.78 is 33.7. The number of ether oxygens (including phenoxy) is 1. The summed E-state index contributed by atoms with van der Waals surface area (Å²) in [6.45, 7) is 6.28. The van der Waals surface area contributed by atoms with Gasteiger partial charge in [0.25, 0.3) is 10.0 Å². The lowest BCUT2D eigenvalue weighted by atomic mass is 10.2. The molecule has 29 heavy (non-hydrogen) atoms. The molecule has 3 rings (SSSR count). The number of halogens is 1. The van der Waals surface area contributed by atoms with Crippen LogP contribution in [0.15, 0.2) is 57.9 Å². The minimum absolute atomic E-state index is 0.119. The van der Waals surface area contributed by atoms with Crippen LogP contribution < -0.4 is 4.31 Å². The second kappa shape index (κ2) is 8.59. The molecule has 0 radical (unpaired) electrons. The van der Waals surface area contributed by atoms with Crippen LogP contribution in [-0.2, 0) is 14.8 Å². The number of nitrogens with one attached hydrogen (secondary N) is 1. The van der Waals surface area contributed by atoms with Gasteiger partial charge in [0.15, 0.2) is 0 Å². The molecule has 2 aromatic carbocycles. The van der Waals surface area contributed by atoms with Crippen LogP contribution >= 0.6 is 15.9 Å². The van der Waals surface area contributed by atoms with E-state index in [0.29, 0.717) is 33.3 Å². The number of benzene rings is 2. The quantitative estimate of drug-likeness (QED) is 0.486. The van der Waals surface area contributed by atoms with Crippen LogP contribution in [0.3, 0.4) is 0 Å². The molecule has 0 aliphatic rings. The van der Waals surface area contributed by atoms with E-state index in [4.69, 9.17) is 4.74 Å². The van der Waals surface area contributed by atoms with Crippen LogP contribution in [-0.4, -0.2) is 32.5 Å². The molecular weight excluding hydrogens is 456 g/mol. The highest BCUT2D eigenvalue weighted by Gasteiger charge is 2.26. The predicted molar refractivity (Wildman–Crippen MR) is 118 cm³/mol. The third kappa shape index (κ3) is 4.33. The van der Waals surface area contributed by atoms with Crippen LogP contribution in [0.25, 0.3) is 10.9 Å². The smallest absolute Gasteiger partial charge is 0.355 e. The SMILES string of the molecule is CCOC(=O)c1[nH]c2ccc(N(CC(C)C)S(=O)(=O)c3ccccc3)cc2c1Br. The summed E-state index contributed by atoms with van der Waals surface area (Å²) in [6.07, 6.45) is 0. The van der Waals surface area contributed by atoms with Gasteiger partial charge in [-0.2, -0.15) is 0 Å². The lowest BCUT2D eigenvalue weighted by molar-refractivity contribution is 0.0519. The molecule has 1 aromatic heterocycles. The Morgan fingerprint density at radius 1 is 1.17 bits per heavy atom. The van der Waals surface area contributed by atoms with E-state index in [2.05, 4.69) is 20.9 Å². The van der Waals surface area contributed by atoms with Gasteiger partial charge in [0.05, 0.1) is 21.7 Å². The highest BCUT2D eigenvalue weighted by molar-refractivity contribution is 9.10. The van der Waals surface area contributed by atoms with Crippen molar-refractivity contribution in [2.24, 2.45) is 5.92 Å². The number of carbonyl (C=O) groups excluding carboxylic acids is 1. The molecule has 3 aromatic rings. The zero-order valence-electron chi connectivity index (χ0n) is 16.5. The van der Waals surface area contributed by atoms with Crippen molar-refractivity contribution in [3.05, 3.63) is 58.7 Å². The molecule has 0 saturated carbocycles. The van der Waals surface area contributed by atoms with Crippen molar-refractivity contribution < 1.29 is 17.9 Å². The van der Waals surface area contributed by atoms with Crippen LogP contribution in [0, 0.1) is 5.92 Å². The summed E-state index contributed by atoms with van der Waals surface area (Å²) in [7, 11) is -3.73. The van der Waals surface area contributed by atoms with Gasteiger partial charge < -0.3 is 9.72 Å². The second-order valence-electron chi connectivity index (χ2n) is 7.01. The molecule has 8 heteroatoms. The van der Waals surface area contributed by atoms with E-state index in [1.807, 2.05) is 13.8 Å². The Hall–Kier alpha value is -2.32. The van der Waals surface area contributed by atoms with E-state index in [-0.39, 0.29) is 17.4 Å². The Labute approximate surface area is 179 Å². The maximum Gasteiger partial charge on any atom is 0.355 e. The molecule has 0 bridgehead atoms. The van der Waals surface area contributed by atoms with Crippen LogP contribution in [0.2, 0.25) is 0 Å². The number of nitrogens with zero attached hydrogens (tertiary/aromatic N) is 1. The normalized spacial score (nSPS) is 11.8. The number of aromatic nitrogens is 1.